The Morgan fingerprint density at radius 1 is 1.07 bits per heavy atom. The number of ether oxygens (including phenoxy) is 2. The summed E-state index contributed by atoms with van der Waals surface area (Å²) in [6, 6.07) is 0. The van der Waals surface area contributed by atoms with Crippen molar-refractivity contribution in [3.05, 3.63) is 11.6 Å². The molecule has 1 N–H and O–H groups in total. The summed E-state index contributed by atoms with van der Waals surface area (Å²) in [5.74, 6) is 3.49. The Bertz CT molecular complexity index is 673. The van der Waals surface area contributed by atoms with Gasteiger partial charge in [0.25, 0.3) is 0 Å². The Balaban J connectivity index is 1.19. The lowest BCUT2D eigenvalue weighted by molar-refractivity contribution is -0.312. The molecule has 3 heteroatoms. The van der Waals surface area contributed by atoms with Crippen molar-refractivity contribution in [1.29, 1.82) is 0 Å². The molecule has 2 heterocycles. The van der Waals surface area contributed by atoms with E-state index in [1.54, 1.807) is 5.57 Å². The molecule has 3 saturated carbocycles. The maximum atomic E-state index is 10.2. The topological polar surface area (TPSA) is 38.7 Å². The fourth-order valence-corrected chi connectivity index (χ4v) is 8.86. The molecule has 2 aliphatic heterocycles. The number of hydrogen-bond acceptors (Lipinski definition) is 3. The minimum atomic E-state index is -0.0903. The van der Waals surface area contributed by atoms with E-state index in [9.17, 15) is 5.11 Å². The monoisotopic (exact) mass is 386 g/mol. The molecule has 0 amide bonds. The van der Waals surface area contributed by atoms with Gasteiger partial charge in [-0.2, -0.15) is 0 Å². The Morgan fingerprint density at radius 2 is 1.89 bits per heavy atom. The predicted molar refractivity (Wildman–Crippen MR) is 109 cm³/mol. The van der Waals surface area contributed by atoms with Gasteiger partial charge in [-0.15, -0.1) is 0 Å². The van der Waals surface area contributed by atoms with E-state index in [1.807, 2.05) is 0 Å². The van der Waals surface area contributed by atoms with Crippen molar-refractivity contribution >= 4 is 0 Å². The second-order valence-corrected chi connectivity index (χ2v) is 11.8. The summed E-state index contributed by atoms with van der Waals surface area (Å²) >= 11 is 0. The minimum absolute atomic E-state index is 0.0903. The largest absolute Gasteiger partial charge is 0.393 e. The van der Waals surface area contributed by atoms with Crippen LogP contribution in [0.4, 0.5) is 0 Å². The van der Waals surface area contributed by atoms with Crippen LogP contribution in [0.15, 0.2) is 11.6 Å². The average Bonchev–Trinajstić information content (AvgIpc) is 2.93. The van der Waals surface area contributed by atoms with Gasteiger partial charge < -0.3 is 14.6 Å². The summed E-state index contributed by atoms with van der Waals surface area (Å²) in [5, 5.41) is 10.2. The van der Waals surface area contributed by atoms with Crippen molar-refractivity contribution in [2.45, 2.75) is 95.9 Å². The molecule has 8 atom stereocenters. The molecule has 156 valence electrons. The minimum Gasteiger partial charge on any atom is -0.393 e. The molecule has 5 fully saturated rings. The Hall–Kier alpha value is -0.380. The lowest BCUT2D eigenvalue weighted by Gasteiger charge is -2.59. The SMILES string of the molecule is CC12CC[C@H](O)CC1=CCC1C2CCC2(C)C1CC[C@@H]2C[C@@H]1CC2(COC2)O1. The van der Waals surface area contributed by atoms with Gasteiger partial charge in [0, 0.05) is 6.42 Å². The first-order chi connectivity index (χ1) is 13.4. The smallest absolute Gasteiger partial charge is 0.117 e. The lowest BCUT2D eigenvalue weighted by Crippen LogP contribution is -2.63. The van der Waals surface area contributed by atoms with Crippen molar-refractivity contribution in [2.24, 2.45) is 34.5 Å². The second-order valence-electron chi connectivity index (χ2n) is 11.8. The van der Waals surface area contributed by atoms with Crippen LogP contribution in [0.5, 0.6) is 0 Å². The fraction of sp³-hybridized carbons (Fsp3) is 0.920. The zero-order chi connectivity index (χ0) is 19.1. The molecule has 1 spiro atoms. The van der Waals surface area contributed by atoms with Crippen LogP contribution < -0.4 is 0 Å². The zero-order valence-corrected chi connectivity index (χ0v) is 17.8. The first-order valence-electron chi connectivity index (χ1n) is 12.1. The summed E-state index contributed by atoms with van der Waals surface area (Å²) < 4.78 is 11.7. The molecule has 2 saturated heterocycles. The van der Waals surface area contributed by atoms with Crippen LogP contribution in [-0.4, -0.2) is 36.1 Å². The van der Waals surface area contributed by atoms with Gasteiger partial charge >= 0.3 is 0 Å². The van der Waals surface area contributed by atoms with E-state index in [-0.39, 0.29) is 11.7 Å². The molecule has 3 nitrogen and oxygen atoms in total. The number of hydrogen-bond donors (Lipinski definition) is 1. The Labute approximate surface area is 170 Å². The van der Waals surface area contributed by atoms with Crippen LogP contribution in [0.1, 0.15) is 78.1 Å². The number of allylic oxidation sites excluding steroid dienone is 1. The van der Waals surface area contributed by atoms with Gasteiger partial charge in [-0.1, -0.05) is 25.5 Å². The third-order valence-electron chi connectivity index (χ3n) is 10.6. The normalized spacial score (nSPS) is 54.0. The van der Waals surface area contributed by atoms with Crippen molar-refractivity contribution in [3.8, 4) is 0 Å². The lowest BCUT2D eigenvalue weighted by atomic mass is 9.47. The zero-order valence-electron chi connectivity index (χ0n) is 17.8. The molecule has 0 aromatic rings. The highest BCUT2D eigenvalue weighted by atomic mass is 16.6. The number of fused-ring (bicyclic) bond motifs is 5. The van der Waals surface area contributed by atoms with Crippen LogP contribution >= 0.6 is 0 Å². The van der Waals surface area contributed by atoms with Gasteiger partial charge in [-0.05, 0) is 92.3 Å². The van der Waals surface area contributed by atoms with E-state index in [0.29, 0.717) is 16.9 Å². The van der Waals surface area contributed by atoms with E-state index in [4.69, 9.17) is 9.47 Å². The van der Waals surface area contributed by atoms with Crippen molar-refractivity contribution in [2.75, 3.05) is 13.2 Å². The molecule has 4 aliphatic carbocycles. The van der Waals surface area contributed by atoms with Crippen molar-refractivity contribution < 1.29 is 14.6 Å². The van der Waals surface area contributed by atoms with E-state index in [1.165, 1.54) is 51.4 Å². The van der Waals surface area contributed by atoms with Crippen LogP contribution in [0.2, 0.25) is 0 Å². The molecule has 6 rings (SSSR count). The standard InChI is InChI=1S/C25H38O3/c1-23-9-7-18(26)11-16(23)3-5-20-21-6-4-17(24(21,2)10-8-22(20)23)12-19-13-25(28-19)14-27-15-25/h3,17-22,26H,4-15H2,1-2H3/t17-,18+,19-,20?,21?,22?,23?,24?/m1/s1. The molecule has 0 bridgehead atoms. The number of aliphatic hydroxyl groups is 1. The van der Waals surface area contributed by atoms with E-state index < -0.39 is 0 Å². The molecule has 5 unspecified atom stereocenters. The Kier molecular flexibility index (Phi) is 3.99. The van der Waals surface area contributed by atoms with Gasteiger partial charge in [0.1, 0.15) is 5.60 Å². The van der Waals surface area contributed by atoms with E-state index in [0.717, 1.165) is 49.7 Å². The molecule has 0 aromatic heterocycles. The maximum absolute atomic E-state index is 10.2. The van der Waals surface area contributed by atoms with Gasteiger partial charge in [-0.3, -0.25) is 0 Å². The van der Waals surface area contributed by atoms with Gasteiger partial charge in [0.2, 0.25) is 0 Å². The first-order valence-corrected chi connectivity index (χ1v) is 12.1. The first kappa shape index (κ1) is 18.4. The summed E-state index contributed by atoms with van der Waals surface area (Å²) in [4.78, 5) is 0. The molecule has 0 aromatic carbocycles. The van der Waals surface area contributed by atoms with Crippen LogP contribution in [0.25, 0.3) is 0 Å². The number of rotatable bonds is 2. The summed E-state index contributed by atoms with van der Waals surface area (Å²) in [5.41, 5.74) is 2.63. The average molecular weight is 387 g/mol. The highest BCUT2D eigenvalue weighted by Crippen LogP contribution is 2.67. The van der Waals surface area contributed by atoms with Crippen molar-refractivity contribution in [1.82, 2.24) is 0 Å². The predicted octanol–water partition coefficient (Wildman–Crippen LogP) is 4.87. The molecular formula is C25H38O3. The molecule has 6 aliphatic rings. The Morgan fingerprint density at radius 3 is 2.64 bits per heavy atom. The van der Waals surface area contributed by atoms with Gasteiger partial charge in [0.15, 0.2) is 0 Å². The second kappa shape index (κ2) is 6.08. The molecule has 28 heavy (non-hydrogen) atoms. The van der Waals surface area contributed by atoms with E-state index in [2.05, 4.69) is 19.9 Å². The number of aliphatic hydroxyl groups excluding tert-OH is 1. The summed E-state index contributed by atoms with van der Waals surface area (Å²) in [7, 11) is 0. The van der Waals surface area contributed by atoms with E-state index >= 15 is 0 Å². The van der Waals surface area contributed by atoms with Crippen molar-refractivity contribution in [3.63, 3.8) is 0 Å². The summed E-state index contributed by atoms with van der Waals surface area (Å²) in [6.45, 7) is 6.84. The molecular weight excluding hydrogens is 348 g/mol. The van der Waals surface area contributed by atoms with Crippen LogP contribution in [-0.2, 0) is 9.47 Å². The van der Waals surface area contributed by atoms with Gasteiger partial charge in [0.05, 0.1) is 25.4 Å². The highest BCUT2D eigenvalue weighted by Gasteiger charge is 2.60. The fourth-order valence-electron chi connectivity index (χ4n) is 8.86. The van der Waals surface area contributed by atoms with Crippen LogP contribution in [0, 0.1) is 34.5 Å². The maximum Gasteiger partial charge on any atom is 0.117 e. The molecule has 0 radical (unpaired) electrons. The third kappa shape index (κ3) is 2.45. The quantitative estimate of drug-likeness (QED) is 0.688. The summed E-state index contributed by atoms with van der Waals surface area (Å²) in [6.07, 6.45) is 15.6. The van der Waals surface area contributed by atoms with Gasteiger partial charge in [-0.25, -0.2) is 0 Å². The van der Waals surface area contributed by atoms with Crippen LogP contribution in [0.3, 0.4) is 0 Å². The third-order valence-corrected chi connectivity index (χ3v) is 10.6. The highest BCUT2D eigenvalue weighted by molar-refractivity contribution is 5.25.